The van der Waals surface area contributed by atoms with Gasteiger partial charge >= 0.3 is 0 Å². The van der Waals surface area contributed by atoms with E-state index in [0.717, 1.165) is 56.0 Å². The Morgan fingerprint density at radius 2 is 1.04 bits per heavy atom. The number of aromatic nitrogens is 2. The first kappa shape index (κ1) is 30.5. The Kier molecular flexibility index (Phi) is 7.38. The molecule has 1 aliphatic heterocycles. The monoisotopic (exact) mass is 678 g/mol. The topological polar surface area (TPSA) is 34.9 Å². The Balaban J connectivity index is 1.27. The van der Waals surface area contributed by atoms with Crippen LogP contribution in [0.25, 0.3) is 27.8 Å². The predicted molar refractivity (Wildman–Crippen MR) is 212 cm³/mol. The molecule has 240 valence electrons. The Bertz CT molecular complexity index is 2430. The molecule has 50 heavy (non-hydrogen) atoms. The van der Waals surface area contributed by atoms with E-state index in [4.69, 9.17) is 4.98 Å². The molecule has 0 fully saturated rings. The van der Waals surface area contributed by atoms with Gasteiger partial charge in [0.1, 0.15) is 5.82 Å². The number of hydrogen-bond donors (Lipinski definition) is 0. The molecule has 0 aliphatic carbocycles. The van der Waals surface area contributed by atoms with Crippen LogP contribution < -0.4 is 36.7 Å². The van der Waals surface area contributed by atoms with Crippen molar-refractivity contribution in [1.82, 2.24) is 9.55 Å². The van der Waals surface area contributed by atoms with E-state index in [2.05, 4.69) is 145 Å². The van der Waals surface area contributed by atoms with E-state index in [9.17, 15) is 0 Å². The van der Waals surface area contributed by atoms with Crippen molar-refractivity contribution in [1.29, 1.82) is 0 Å². The molecule has 2 heterocycles. The summed E-state index contributed by atoms with van der Waals surface area (Å²) in [7, 11) is -5.87. The van der Waals surface area contributed by atoms with Crippen LogP contribution in [-0.2, 0) is 11.0 Å². The van der Waals surface area contributed by atoms with Crippen LogP contribution in [0.3, 0.4) is 0 Å². The van der Waals surface area contributed by atoms with E-state index in [1.54, 1.807) is 0 Å². The van der Waals surface area contributed by atoms with Crippen molar-refractivity contribution in [3.63, 3.8) is 0 Å². The maximum absolute atomic E-state index is 15.8. The van der Waals surface area contributed by atoms with E-state index < -0.39 is 15.2 Å². The van der Waals surface area contributed by atoms with E-state index in [1.165, 1.54) is 20.7 Å². The second kappa shape index (κ2) is 12.1. The lowest BCUT2D eigenvalue weighted by Crippen LogP contribution is -2.74. The number of rotatable bonds is 7. The molecular formula is C45H35N2OPSi. The molecule has 9 rings (SSSR count). The zero-order chi connectivity index (χ0) is 33.7. The van der Waals surface area contributed by atoms with Gasteiger partial charge in [-0.1, -0.05) is 165 Å². The summed E-state index contributed by atoms with van der Waals surface area (Å²) in [5.41, 5.74) is 4.90. The molecule has 0 spiro atoms. The van der Waals surface area contributed by atoms with Gasteiger partial charge in [0.25, 0.3) is 0 Å². The molecule has 1 atom stereocenters. The molecule has 0 saturated carbocycles. The van der Waals surface area contributed by atoms with Gasteiger partial charge in [-0.3, -0.25) is 4.57 Å². The first-order valence-corrected chi connectivity index (χ1v) is 20.9. The fourth-order valence-corrected chi connectivity index (χ4v) is 15.9. The highest BCUT2D eigenvalue weighted by Gasteiger charge is 2.42. The molecule has 0 radical (unpaired) electrons. The minimum Gasteiger partial charge on any atom is -0.308 e. The third kappa shape index (κ3) is 4.49. The SMILES string of the molecule is CCc1nc2cc(-c3ccc([Si](c4ccccc4)(c4ccccc4)c4ccccc4)cc3)cc3c2n1-c1ccccc1P3(=O)c1ccccc1. The second-order valence-corrected chi connectivity index (χ2v) is 19.4. The first-order chi connectivity index (χ1) is 24.6. The molecule has 5 heteroatoms. The van der Waals surface area contributed by atoms with Gasteiger partial charge < -0.3 is 4.57 Å². The Morgan fingerprint density at radius 3 is 1.60 bits per heavy atom. The van der Waals surface area contributed by atoms with Gasteiger partial charge in [0.15, 0.2) is 15.2 Å². The number of para-hydroxylation sites is 1. The highest BCUT2D eigenvalue weighted by atomic mass is 31.2. The first-order valence-electron chi connectivity index (χ1n) is 17.2. The molecule has 1 unspecified atom stereocenters. The molecule has 1 aliphatic rings. The van der Waals surface area contributed by atoms with Crippen LogP contribution in [0.2, 0.25) is 0 Å². The molecule has 1 aromatic heterocycles. The average molecular weight is 679 g/mol. The van der Waals surface area contributed by atoms with Crippen molar-refractivity contribution >= 4 is 62.9 Å². The average Bonchev–Trinajstić information content (AvgIpc) is 3.58. The zero-order valence-electron chi connectivity index (χ0n) is 27.8. The van der Waals surface area contributed by atoms with Crippen molar-refractivity contribution < 1.29 is 4.57 Å². The Morgan fingerprint density at radius 1 is 0.540 bits per heavy atom. The summed E-state index contributed by atoms with van der Waals surface area (Å²) >= 11 is 0. The molecule has 0 amide bonds. The van der Waals surface area contributed by atoms with Gasteiger partial charge in [0.2, 0.25) is 0 Å². The molecule has 3 nitrogen and oxygen atoms in total. The number of imidazole rings is 1. The highest BCUT2D eigenvalue weighted by molar-refractivity contribution is 7.86. The van der Waals surface area contributed by atoms with Crippen LogP contribution in [0.15, 0.2) is 182 Å². The van der Waals surface area contributed by atoms with Crippen LogP contribution in [0.1, 0.15) is 12.7 Å². The van der Waals surface area contributed by atoms with Crippen molar-refractivity contribution in [3.05, 3.63) is 188 Å². The van der Waals surface area contributed by atoms with Gasteiger partial charge in [0.05, 0.1) is 16.7 Å². The molecule has 7 aromatic carbocycles. The van der Waals surface area contributed by atoms with Gasteiger partial charge in [-0.25, -0.2) is 4.98 Å². The lowest BCUT2D eigenvalue weighted by atomic mass is 10.0. The maximum atomic E-state index is 15.8. The van der Waals surface area contributed by atoms with Crippen molar-refractivity contribution in [2.75, 3.05) is 0 Å². The summed E-state index contributed by atoms with van der Waals surface area (Å²) in [5, 5.41) is 7.91. The Hall–Kier alpha value is -5.54. The van der Waals surface area contributed by atoms with Crippen molar-refractivity contribution in [2.45, 2.75) is 13.3 Å². The minimum absolute atomic E-state index is 0.771. The lowest BCUT2D eigenvalue weighted by molar-refractivity contribution is 0.592. The van der Waals surface area contributed by atoms with Gasteiger partial charge in [-0.05, 0) is 56.1 Å². The van der Waals surface area contributed by atoms with Gasteiger partial charge in [-0.15, -0.1) is 0 Å². The fourth-order valence-electron chi connectivity index (χ4n) is 8.08. The predicted octanol–water partition coefficient (Wildman–Crippen LogP) is 6.59. The number of hydrogen-bond acceptors (Lipinski definition) is 2. The number of aryl methyl sites for hydroxylation is 1. The summed E-state index contributed by atoms with van der Waals surface area (Å²) in [6, 6.07) is 64.7. The van der Waals surface area contributed by atoms with E-state index in [-0.39, 0.29) is 0 Å². The summed E-state index contributed by atoms with van der Waals surface area (Å²) in [6.45, 7) is 2.14. The molecule has 8 aromatic rings. The van der Waals surface area contributed by atoms with E-state index >= 15 is 4.57 Å². The standard InChI is InChI=1S/C45H35N2OPSi/c1-2-44-46-40-31-34(32-43-45(40)47(44)41-25-15-16-26-42(41)49(43,48)35-17-7-3-8-18-35)33-27-29-39(30-28-33)50(36-19-9-4-10-20-36,37-21-11-5-12-22-37)38-23-13-6-14-24-38/h3-32H,2H2,1H3. The molecule has 0 saturated heterocycles. The van der Waals surface area contributed by atoms with E-state index in [0.29, 0.717) is 0 Å². The zero-order valence-corrected chi connectivity index (χ0v) is 29.7. The number of fused-ring (bicyclic) bond motifs is 2. The smallest absolute Gasteiger partial charge is 0.179 e. The third-order valence-electron chi connectivity index (χ3n) is 10.3. The minimum atomic E-state index is -3.22. The summed E-state index contributed by atoms with van der Waals surface area (Å²) in [6.07, 6.45) is 0.771. The fraction of sp³-hybridized carbons (Fsp3) is 0.0444. The van der Waals surface area contributed by atoms with Crippen LogP contribution in [-0.4, -0.2) is 17.6 Å². The maximum Gasteiger partial charge on any atom is 0.179 e. The van der Waals surface area contributed by atoms with Crippen LogP contribution >= 0.6 is 7.14 Å². The normalized spacial score (nSPS) is 15.1. The molecule has 0 bridgehead atoms. The number of benzene rings is 7. The largest absolute Gasteiger partial charge is 0.308 e. The van der Waals surface area contributed by atoms with Gasteiger partial charge in [0, 0.05) is 22.3 Å². The van der Waals surface area contributed by atoms with Crippen LogP contribution in [0.4, 0.5) is 0 Å². The van der Waals surface area contributed by atoms with E-state index in [1.807, 2.05) is 48.5 Å². The summed E-state index contributed by atoms with van der Waals surface area (Å²) < 4.78 is 18.0. The number of nitrogens with zero attached hydrogens (tertiary/aromatic N) is 2. The lowest BCUT2D eigenvalue weighted by Gasteiger charge is -2.34. The summed E-state index contributed by atoms with van der Waals surface area (Å²) in [5.74, 6) is 0.977. The third-order valence-corrected chi connectivity index (χ3v) is 18.2. The van der Waals surface area contributed by atoms with Crippen molar-refractivity contribution in [3.8, 4) is 16.8 Å². The van der Waals surface area contributed by atoms with Crippen LogP contribution in [0, 0.1) is 0 Å². The van der Waals surface area contributed by atoms with Crippen molar-refractivity contribution in [2.24, 2.45) is 0 Å². The highest BCUT2D eigenvalue weighted by Crippen LogP contribution is 2.50. The quantitative estimate of drug-likeness (QED) is 0.108. The Labute approximate surface area is 293 Å². The summed E-state index contributed by atoms with van der Waals surface area (Å²) in [4.78, 5) is 5.17. The molecular weight excluding hydrogens is 644 g/mol. The second-order valence-electron chi connectivity index (χ2n) is 12.9. The van der Waals surface area contributed by atoms with Gasteiger partial charge in [-0.2, -0.15) is 0 Å². The molecule has 0 N–H and O–H groups in total. The van der Waals surface area contributed by atoms with Crippen LogP contribution in [0.5, 0.6) is 0 Å².